The van der Waals surface area contributed by atoms with Crippen LogP contribution < -0.4 is 5.32 Å². The Labute approximate surface area is 65.5 Å². The first-order chi connectivity index (χ1) is 5.25. The Morgan fingerprint density at radius 3 is 3.00 bits per heavy atom. The van der Waals surface area contributed by atoms with Crippen LogP contribution in [-0.4, -0.2) is 37.4 Å². The molecule has 0 saturated carbocycles. The maximum Gasteiger partial charge on any atom is 0.312 e. The maximum absolute atomic E-state index is 11.0. The van der Waals surface area contributed by atoms with Crippen LogP contribution >= 0.6 is 0 Å². The standard InChI is InChI=1S/C7H13NO3/c1-11-7(10)5-4-8-3-2-6(5)9/h5-6,8-9H,2-4H2,1H3/t5-,6+/m1/s1. The quantitative estimate of drug-likeness (QED) is 0.488. The van der Waals surface area contributed by atoms with Gasteiger partial charge in [-0.3, -0.25) is 4.79 Å². The highest BCUT2D eigenvalue weighted by Crippen LogP contribution is 2.11. The van der Waals surface area contributed by atoms with Gasteiger partial charge in [0.2, 0.25) is 0 Å². The smallest absolute Gasteiger partial charge is 0.312 e. The number of esters is 1. The summed E-state index contributed by atoms with van der Waals surface area (Å²) in [5.74, 6) is -0.710. The lowest BCUT2D eigenvalue weighted by atomic mass is 9.96. The number of aliphatic hydroxyl groups is 1. The molecule has 4 heteroatoms. The molecule has 1 saturated heterocycles. The summed E-state index contributed by atoms with van der Waals surface area (Å²) in [7, 11) is 1.34. The number of methoxy groups -OCH3 is 1. The van der Waals surface area contributed by atoms with Crippen molar-refractivity contribution < 1.29 is 14.6 Å². The van der Waals surface area contributed by atoms with Gasteiger partial charge < -0.3 is 15.2 Å². The molecule has 0 aromatic carbocycles. The van der Waals surface area contributed by atoms with E-state index in [1.165, 1.54) is 7.11 Å². The molecule has 1 fully saturated rings. The van der Waals surface area contributed by atoms with Gasteiger partial charge in [0.05, 0.1) is 19.1 Å². The highest BCUT2D eigenvalue weighted by Gasteiger charge is 2.29. The van der Waals surface area contributed by atoms with Crippen LogP contribution in [0.1, 0.15) is 6.42 Å². The molecule has 0 bridgehead atoms. The topological polar surface area (TPSA) is 58.6 Å². The third-order valence-corrected chi connectivity index (χ3v) is 1.95. The van der Waals surface area contributed by atoms with Gasteiger partial charge >= 0.3 is 5.97 Å². The number of aliphatic hydroxyl groups excluding tert-OH is 1. The van der Waals surface area contributed by atoms with Crippen molar-refractivity contribution in [3.8, 4) is 0 Å². The van der Waals surface area contributed by atoms with Gasteiger partial charge in [-0.25, -0.2) is 0 Å². The molecule has 0 amide bonds. The summed E-state index contributed by atoms with van der Waals surface area (Å²) >= 11 is 0. The SMILES string of the molecule is COC(=O)[C@@H]1CNCC[C@@H]1O. The number of hydrogen-bond acceptors (Lipinski definition) is 4. The highest BCUT2D eigenvalue weighted by molar-refractivity contribution is 5.73. The van der Waals surface area contributed by atoms with Gasteiger partial charge in [-0.2, -0.15) is 0 Å². The van der Waals surface area contributed by atoms with Crippen LogP contribution in [0.15, 0.2) is 0 Å². The van der Waals surface area contributed by atoms with Gasteiger partial charge in [0.15, 0.2) is 0 Å². The Hall–Kier alpha value is -0.610. The maximum atomic E-state index is 11.0. The van der Waals surface area contributed by atoms with Crippen molar-refractivity contribution in [2.45, 2.75) is 12.5 Å². The number of piperidine rings is 1. The second-order valence-electron chi connectivity index (χ2n) is 2.69. The van der Waals surface area contributed by atoms with Crippen molar-refractivity contribution in [2.75, 3.05) is 20.2 Å². The Kier molecular flexibility index (Phi) is 2.84. The number of carbonyl (C=O) groups excluding carboxylic acids is 1. The van der Waals surface area contributed by atoms with Gasteiger partial charge in [-0.15, -0.1) is 0 Å². The predicted octanol–water partition coefficient (Wildman–Crippen LogP) is -0.870. The zero-order valence-corrected chi connectivity index (χ0v) is 6.54. The lowest BCUT2D eigenvalue weighted by molar-refractivity contribution is -0.150. The highest BCUT2D eigenvalue weighted by atomic mass is 16.5. The van der Waals surface area contributed by atoms with Gasteiger partial charge in [-0.05, 0) is 13.0 Å². The minimum Gasteiger partial charge on any atom is -0.469 e. The number of nitrogens with one attached hydrogen (secondary N) is 1. The van der Waals surface area contributed by atoms with E-state index in [0.29, 0.717) is 13.0 Å². The molecule has 2 N–H and O–H groups in total. The minimum atomic E-state index is -0.538. The first kappa shape index (κ1) is 8.49. The monoisotopic (exact) mass is 159 g/mol. The minimum absolute atomic E-state index is 0.329. The van der Waals surface area contributed by atoms with Crippen LogP contribution in [0.25, 0.3) is 0 Å². The summed E-state index contributed by atoms with van der Waals surface area (Å²) in [5, 5.41) is 12.3. The van der Waals surface area contributed by atoms with E-state index in [4.69, 9.17) is 0 Å². The first-order valence-corrected chi connectivity index (χ1v) is 3.72. The summed E-state index contributed by atoms with van der Waals surface area (Å²) < 4.78 is 4.52. The fourth-order valence-corrected chi connectivity index (χ4v) is 1.24. The molecule has 4 nitrogen and oxygen atoms in total. The molecule has 11 heavy (non-hydrogen) atoms. The molecule has 1 rings (SSSR count). The number of hydrogen-bond donors (Lipinski definition) is 2. The molecule has 0 unspecified atom stereocenters. The Bertz CT molecular complexity index is 149. The molecular formula is C7H13NO3. The molecule has 64 valence electrons. The second-order valence-corrected chi connectivity index (χ2v) is 2.69. The zero-order chi connectivity index (χ0) is 8.27. The Morgan fingerprint density at radius 1 is 1.73 bits per heavy atom. The van der Waals surface area contributed by atoms with E-state index in [9.17, 15) is 9.90 Å². The molecule has 0 radical (unpaired) electrons. The van der Waals surface area contributed by atoms with Crippen molar-refractivity contribution >= 4 is 5.97 Å². The number of rotatable bonds is 1. The average molecular weight is 159 g/mol. The van der Waals surface area contributed by atoms with Crippen LogP contribution in [-0.2, 0) is 9.53 Å². The molecule has 1 aliphatic heterocycles. The van der Waals surface area contributed by atoms with Crippen LogP contribution in [0.3, 0.4) is 0 Å². The second kappa shape index (κ2) is 3.69. The molecule has 0 aromatic rings. The van der Waals surface area contributed by atoms with E-state index in [-0.39, 0.29) is 11.9 Å². The molecule has 0 spiro atoms. The van der Waals surface area contributed by atoms with Crippen LogP contribution in [0, 0.1) is 5.92 Å². The molecule has 2 atom stereocenters. The van der Waals surface area contributed by atoms with Crippen molar-refractivity contribution in [1.29, 1.82) is 0 Å². The van der Waals surface area contributed by atoms with E-state index >= 15 is 0 Å². The molecule has 1 heterocycles. The van der Waals surface area contributed by atoms with Gasteiger partial charge in [0.25, 0.3) is 0 Å². The van der Waals surface area contributed by atoms with Gasteiger partial charge in [0, 0.05) is 6.54 Å². The lowest BCUT2D eigenvalue weighted by Gasteiger charge is -2.25. The van der Waals surface area contributed by atoms with E-state index in [2.05, 4.69) is 10.1 Å². The van der Waals surface area contributed by atoms with Crippen molar-refractivity contribution in [3.05, 3.63) is 0 Å². The average Bonchev–Trinajstić information content (AvgIpc) is 2.04. The number of ether oxygens (including phenoxy) is 1. The first-order valence-electron chi connectivity index (χ1n) is 3.72. The summed E-state index contributed by atoms with van der Waals surface area (Å²) in [6.45, 7) is 1.29. The molecule has 1 aliphatic rings. The Morgan fingerprint density at radius 2 is 2.45 bits per heavy atom. The van der Waals surface area contributed by atoms with Crippen LogP contribution in [0.5, 0.6) is 0 Å². The summed E-state index contributed by atoms with van der Waals surface area (Å²) in [5.41, 5.74) is 0. The molecular weight excluding hydrogens is 146 g/mol. The van der Waals surface area contributed by atoms with Gasteiger partial charge in [-0.1, -0.05) is 0 Å². The lowest BCUT2D eigenvalue weighted by Crippen LogP contribution is -2.44. The van der Waals surface area contributed by atoms with E-state index < -0.39 is 6.10 Å². The van der Waals surface area contributed by atoms with Gasteiger partial charge in [0.1, 0.15) is 0 Å². The zero-order valence-electron chi connectivity index (χ0n) is 6.54. The summed E-state index contributed by atoms with van der Waals surface area (Å²) in [6, 6.07) is 0. The largest absolute Gasteiger partial charge is 0.469 e. The third kappa shape index (κ3) is 1.91. The Balaban J connectivity index is 2.47. The normalized spacial score (nSPS) is 31.5. The number of carbonyl (C=O) groups is 1. The van der Waals surface area contributed by atoms with E-state index in [1.807, 2.05) is 0 Å². The fraction of sp³-hybridized carbons (Fsp3) is 0.857. The summed E-state index contributed by atoms with van der Waals surface area (Å²) in [4.78, 5) is 11.0. The van der Waals surface area contributed by atoms with E-state index in [0.717, 1.165) is 6.54 Å². The van der Waals surface area contributed by atoms with Crippen molar-refractivity contribution in [1.82, 2.24) is 5.32 Å². The van der Waals surface area contributed by atoms with E-state index in [1.54, 1.807) is 0 Å². The molecule has 0 aliphatic carbocycles. The van der Waals surface area contributed by atoms with Crippen LogP contribution in [0.4, 0.5) is 0 Å². The van der Waals surface area contributed by atoms with Crippen molar-refractivity contribution in [3.63, 3.8) is 0 Å². The molecule has 0 aromatic heterocycles. The van der Waals surface area contributed by atoms with Crippen molar-refractivity contribution in [2.24, 2.45) is 5.92 Å². The third-order valence-electron chi connectivity index (χ3n) is 1.95. The fourth-order valence-electron chi connectivity index (χ4n) is 1.24. The summed E-state index contributed by atoms with van der Waals surface area (Å²) in [6.07, 6.45) is 0.0865. The predicted molar refractivity (Wildman–Crippen MR) is 39.0 cm³/mol. The van der Waals surface area contributed by atoms with Crippen LogP contribution in [0.2, 0.25) is 0 Å².